The molecule has 1 aliphatic carbocycles. The summed E-state index contributed by atoms with van der Waals surface area (Å²) >= 11 is 7.51. The van der Waals surface area contributed by atoms with Gasteiger partial charge in [0, 0.05) is 16.4 Å². The lowest BCUT2D eigenvalue weighted by Crippen LogP contribution is -2.44. The molecule has 0 radical (unpaired) electrons. The van der Waals surface area contributed by atoms with Crippen molar-refractivity contribution in [3.05, 3.63) is 56.7 Å². The number of aliphatic hydroxyl groups excluding tert-OH is 1. The van der Waals surface area contributed by atoms with Crippen molar-refractivity contribution in [1.82, 2.24) is 5.32 Å². The average Bonchev–Trinajstić information content (AvgIpc) is 3.23. The third kappa shape index (κ3) is 3.37. The van der Waals surface area contributed by atoms with Gasteiger partial charge < -0.3 is 10.4 Å². The fourth-order valence-electron chi connectivity index (χ4n) is 3.57. The highest BCUT2D eigenvalue weighted by Gasteiger charge is 2.42. The number of carbonyl (C=O) groups is 1. The third-order valence-corrected chi connectivity index (χ3v) is 6.32. The molecule has 3 nitrogen and oxygen atoms in total. The van der Waals surface area contributed by atoms with E-state index < -0.39 is 11.5 Å². The Morgan fingerprint density at radius 2 is 1.96 bits per heavy atom. The van der Waals surface area contributed by atoms with Gasteiger partial charge in [-0.1, -0.05) is 36.6 Å². The van der Waals surface area contributed by atoms with Gasteiger partial charge in [-0.05, 0) is 54.5 Å². The van der Waals surface area contributed by atoms with Crippen molar-refractivity contribution in [3.63, 3.8) is 0 Å². The maximum atomic E-state index is 13.0. The zero-order valence-electron chi connectivity index (χ0n) is 13.7. The molecule has 0 bridgehead atoms. The first kappa shape index (κ1) is 17.5. The molecular formula is C19H22ClNO2S. The minimum absolute atomic E-state index is 0.00980. The molecule has 128 valence electrons. The number of carbonyl (C=O) groups excluding carboxylic acids is 1. The van der Waals surface area contributed by atoms with Crippen LogP contribution in [-0.4, -0.2) is 17.6 Å². The first-order valence-electron chi connectivity index (χ1n) is 8.29. The Hall–Kier alpha value is -1.36. The number of amides is 1. The number of aliphatic hydroxyl groups is 1. The van der Waals surface area contributed by atoms with Gasteiger partial charge in [0.1, 0.15) is 6.10 Å². The minimum atomic E-state index is -0.655. The SMILES string of the molecule is Cc1ccsc1C(O)CNC(=O)C1(c2ccc(Cl)cc2)CCCC1. The first-order valence-corrected chi connectivity index (χ1v) is 9.55. The van der Waals surface area contributed by atoms with E-state index in [-0.39, 0.29) is 12.5 Å². The third-order valence-electron chi connectivity index (χ3n) is 4.95. The van der Waals surface area contributed by atoms with Gasteiger partial charge in [0.25, 0.3) is 0 Å². The number of thiophene rings is 1. The van der Waals surface area contributed by atoms with Crippen LogP contribution < -0.4 is 5.32 Å². The van der Waals surface area contributed by atoms with Crippen LogP contribution in [0.15, 0.2) is 35.7 Å². The molecule has 1 atom stereocenters. The van der Waals surface area contributed by atoms with Crippen molar-refractivity contribution in [2.45, 2.75) is 44.1 Å². The smallest absolute Gasteiger partial charge is 0.230 e. The molecule has 24 heavy (non-hydrogen) atoms. The predicted molar refractivity (Wildman–Crippen MR) is 98.6 cm³/mol. The topological polar surface area (TPSA) is 49.3 Å². The maximum absolute atomic E-state index is 13.0. The molecule has 3 rings (SSSR count). The number of benzene rings is 1. The van der Waals surface area contributed by atoms with Gasteiger partial charge in [-0.15, -0.1) is 11.3 Å². The zero-order valence-corrected chi connectivity index (χ0v) is 15.3. The van der Waals surface area contributed by atoms with Gasteiger partial charge in [-0.2, -0.15) is 0 Å². The number of hydrogen-bond donors (Lipinski definition) is 2. The second-order valence-corrected chi connectivity index (χ2v) is 7.87. The van der Waals surface area contributed by atoms with E-state index in [1.54, 1.807) is 0 Å². The van der Waals surface area contributed by atoms with E-state index in [4.69, 9.17) is 11.6 Å². The van der Waals surface area contributed by atoms with Crippen LogP contribution in [0.1, 0.15) is 47.8 Å². The number of rotatable bonds is 5. The highest BCUT2D eigenvalue weighted by molar-refractivity contribution is 7.10. The Kier molecular flexibility index (Phi) is 5.28. The lowest BCUT2D eigenvalue weighted by atomic mass is 9.78. The van der Waals surface area contributed by atoms with E-state index >= 15 is 0 Å². The lowest BCUT2D eigenvalue weighted by Gasteiger charge is -2.29. The van der Waals surface area contributed by atoms with E-state index in [0.29, 0.717) is 5.02 Å². The van der Waals surface area contributed by atoms with Gasteiger partial charge in [0.2, 0.25) is 5.91 Å². The number of nitrogens with one attached hydrogen (secondary N) is 1. The second-order valence-electron chi connectivity index (χ2n) is 6.49. The molecule has 1 unspecified atom stereocenters. The second kappa shape index (κ2) is 7.26. The monoisotopic (exact) mass is 363 g/mol. The van der Waals surface area contributed by atoms with Crippen molar-refractivity contribution < 1.29 is 9.90 Å². The predicted octanol–water partition coefficient (Wildman–Crippen LogP) is 4.37. The van der Waals surface area contributed by atoms with Crippen LogP contribution in [0.5, 0.6) is 0 Å². The molecule has 0 spiro atoms. The highest BCUT2D eigenvalue weighted by Crippen LogP contribution is 2.41. The Morgan fingerprint density at radius 1 is 1.29 bits per heavy atom. The molecule has 1 aromatic carbocycles. The number of halogens is 1. The molecule has 5 heteroatoms. The van der Waals surface area contributed by atoms with E-state index in [0.717, 1.165) is 41.7 Å². The van der Waals surface area contributed by atoms with Crippen LogP contribution in [0.3, 0.4) is 0 Å². The molecule has 0 saturated heterocycles. The van der Waals surface area contributed by atoms with Crippen LogP contribution in [0, 0.1) is 6.92 Å². The van der Waals surface area contributed by atoms with Gasteiger partial charge in [0.15, 0.2) is 0 Å². The van der Waals surface area contributed by atoms with Crippen LogP contribution in [0.4, 0.5) is 0 Å². The largest absolute Gasteiger partial charge is 0.386 e. The molecule has 1 amide bonds. The Labute approximate surface area is 151 Å². The molecule has 1 heterocycles. The Morgan fingerprint density at radius 3 is 2.54 bits per heavy atom. The maximum Gasteiger partial charge on any atom is 0.230 e. The summed E-state index contributed by atoms with van der Waals surface area (Å²) in [6.07, 6.45) is 3.12. The Bertz CT molecular complexity index is 704. The summed E-state index contributed by atoms with van der Waals surface area (Å²) in [6.45, 7) is 2.22. The highest BCUT2D eigenvalue weighted by atomic mass is 35.5. The van der Waals surface area contributed by atoms with Crippen LogP contribution in [0.25, 0.3) is 0 Å². The van der Waals surface area contributed by atoms with Gasteiger partial charge in [0.05, 0.1) is 5.41 Å². The summed E-state index contributed by atoms with van der Waals surface area (Å²) < 4.78 is 0. The van der Waals surface area contributed by atoms with Crippen molar-refractivity contribution in [1.29, 1.82) is 0 Å². The van der Waals surface area contributed by atoms with E-state index in [1.807, 2.05) is 42.6 Å². The van der Waals surface area contributed by atoms with Crippen molar-refractivity contribution in [2.75, 3.05) is 6.54 Å². The van der Waals surface area contributed by atoms with Gasteiger partial charge in [-0.3, -0.25) is 4.79 Å². The fourth-order valence-corrected chi connectivity index (χ4v) is 4.61. The Balaban J connectivity index is 1.73. The van der Waals surface area contributed by atoms with Crippen molar-refractivity contribution >= 4 is 28.8 Å². The molecule has 0 aliphatic heterocycles. The van der Waals surface area contributed by atoms with E-state index in [1.165, 1.54) is 11.3 Å². The minimum Gasteiger partial charge on any atom is -0.386 e. The molecule has 2 N–H and O–H groups in total. The van der Waals surface area contributed by atoms with Crippen LogP contribution in [0.2, 0.25) is 5.02 Å². The lowest BCUT2D eigenvalue weighted by molar-refractivity contribution is -0.127. The van der Waals surface area contributed by atoms with Crippen LogP contribution >= 0.6 is 22.9 Å². The molecule has 1 aromatic heterocycles. The van der Waals surface area contributed by atoms with Crippen molar-refractivity contribution in [2.24, 2.45) is 0 Å². The molecule has 1 saturated carbocycles. The van der Waals surface area contributed by atoms with E-state index in [9.17, 15) is 9.90 Å². The molecular weight excluding hydrogens is 342 g/mol. The summed E-state index contributed by atoms with van der Waals surface area (Å²) in [4.78, 5) is 13.9. The average molecular weight is 364 g/mol. The summed E-state index contributed by atoms with van der Waals surface area (Å²) in [7, 11) is 0. The standard InChI is InChI=1S/C19H22ClNO2S/c1-13-8-11-24-17(13)16(22)12-21-18(23)19(9-2-3-10-19)14-4-6-15(20)7-5-14/h4-8,11,16,22H,2-3,9-10,12H2,1H3,(H,21,23). The molecule has 1 aliphatic rings. The zero-order chi connectivity index (χ0) is 17.2. The van der Waals surface area contributed by atoms with Crippen molar-refractivity contribution in [3.8, 4) is 0 Å². The number of aryl methyl sites for hydroxylation is 1. The van der Waals surface area contributed by atoms with E-state index in [2.05, 4.69) is 5.32 Å². The fraction of sp³-hybridized carbons (Fsp3) is 0.421. The summed E-state index contributed by atoms with van der Waals surface area (Å²) in [5.41, 5.74) is 1.59. The number of hydrogen-bond acceptors (Lipinski definition) is 3. The van der Waals surface area contributed by atoms with Gasteiger partial charge >= 0.3 is 0 Å². The summed E-state index contributed by atoms with van der Waals surface area (Å²) in [6, 6.07) is 9.57. The first-order chi connectivity index (χ1) is 11.5. The van der Waals surface area contributed by atoms with Gasteiger partial charge in [-0.25, -0.2) is 0 Å². The quantitative estimate of drug-likeness (QED) is 0.828. The van der Waals surface area contributed by atoms with Crippen LogP contribution in [-0.2, 0) is 10.2 Å². The molecule has 1 fully saturated rings. The molecule has 2 aromatic rings. The summed E-state index contributed by atoms with van der Waals surface area (Å²) in [5.74, 6) is 0.00980. The summed E-state index contributed by atoms with van der Waals surface area (Å²) in [5, 5.41) is 16.0. The normalized spacial score (nSPS) is 17.6.